The largest absolute Gasteiger partial charge is 0.493 e. The standard InChI is InChI=1S/C20H22FNO2S/c1-22-12-14(3-8-20(22)23)13-24-18-10-16(9-17(21)11-18)15-4-6-19(25-2)7-5-15/h4-7,9-11,14H,3,8,12-13H2,1-2H3. The van der Waals surface area contributed by atoms with Gasteiger partial charge in [-0.1, -0.05) is 12.1 Å². The Morgan fingerprint density at radius 1 is 1.20 bits per heavy atom. The van der Waals surface area contributed by atoms with Crippen LogP contribution in [0.1, 0.15) is 12.8 Å². The number of amides is 1. The van der Waals surface area contributed by atoms with Crippen molar-refractivity contribution in [2.24, 2.45) is 5.92 Å². The van der Waals surface area contributed by atoms with E-state index in [1.807, 2.05) is 43.6 Å². The minimum atomic E-state index is -0.308. The third kappa shape index (κ3) is 4.54. The Labute approximate surface area is 152 Å². The SMILES string of the molecule is CSc1ccc(-c2cc(F)cc(OCC3CCC(=O)N(C)C3)c2)cc1. The lowest BCUT2D eigenvalue weighted by atomic mass is 9.99. The number of rotatable bonds is 5. The van der Waals surface area contributed by atoms with Crippen molar-refractivity contribution in [2.75, 3.05) is 26.5 Å². The van der Waals surface area contributed by atoms with E-state index in [9.17, 15) is 9.18 Å². The Kier molecular flexibility index (Phi) is 5.63. The maximum Gasteiger partial charge on any atom is 0.222 e. The number of thioether (sulfide) groups is 1. The molecule has 132 valence electrons. The minimum Gasteiger partial charge on any atom is -0.493 e. The molecule has 0 saturated carbocycles. The normalized spacial score (nSPS) is 17.6. The number of hydrogen-bond acceptors (Lipinski definition) is 3. The summed E-state index contributed by atoms with van der Waals surface area (Å²) in [5.74, 6) is 0.689. The Morgan fingerprint density at radius 2 is 1.96 bits per heavy atom. The number of ether oxygens (including phenoxy) is 1. The van der Waals surface area contributed by atoms with Gasteiger partial charge in [0.2, 0.25) is 5.91 Å². The van der Waals surface area contributed by atoms with Gasteiger partial charge in [-0.3, -0.25) is 4.79 Å². The van der Waals surface area contributed by atoms with E-state index in [4.69, 9.17) is 4.74 Å². The molecule has 25 heavy (non-hydrogen) atoms. The van der Waals surface area contributed by atoms with Gasteiger partial charge in [0.1, 0.15) is 11.6 Å². The highest BCUT2D eigenvalue weighted by atomic mass is 32.2. The molecule has 3 nitrogen and oxygen atoms in total. The highest BCUT2D eigenvalue weighted by Gasteiger charge is 2.23. The fourth-order valence-electron chi connectivity index (χ4n) is 3.05. The Bertz CT molecular complexity index is 748. The number of carbonyl (C=O) groups is 1. The molecular weight excluding hydrogens is 337 g/mol. The van der Waals surface area contributed by atoms with E-state index in [-0.39, 0.29) is 17.6 Å². The quantitative estimate of drug-likeness (QED) is 0.738. The predicted molar refractivity (Wildman–Crippen MR) is 99.5 cm³/mol. The highest BCUT2D eigenvalue weighted by Crippen LogP contribution is 2.28. The monoisotopic (exact) mass is 359 g/mol. The van der Waals surface area contributed by atoms with Gasteiger partial charge in [-0.25, -0.2) is 4.39 Å². The molecule has 5 heteroatoms. The average molecular weight is 359 g/mol. The molecule has 1 fully saturated rings. The van der Waals surface area contributed by atoms with E-state index in [0.29, 0.717) is 25.3 Å². The third-order valence-corrected chi connectivity index (χ3v) is 5.25. The van der Waals surface area contributed by atoms with Crippen LogP contribution in [0, 0.1) is 11.7 Å². The predicted octanol–water partition coefficient (Wildman–Crippen LogP) is 4.46. The van der Waals surface area contributed by atoms with Crippen molar-refractivity contribution < 1.29 is 13.9 Å². The number of hydrogen-bond donors (Lipinski definition) is 0. The molecule has 0 aliphatic carbocycles. The first-order valence-corrected chi connectivity index (χ1v) is 9.59. The van der Waals surface area contributed by atoms with Gasteiger partial charge in [0.15, 0.2) is 0 Å². The van der Waals surface area contributed by atoms with Crippen molar-refractivity contribution in [3.8, 4) is 16.9 Å². The van der Waals surface area contributed by atoms with Crippen molar-refractivity contribution in [1.29, 1.82) is 0 Å². The summed E-state index contributed by atoms with van der Waals surface area (Å²) in [7, 11) is 1.81. The number of nitrogens with zero attached hydrogens (tertiary/aromatic N) is 1. The first-order valence-electron chi connectivity index (χ1n) is 8.37. The number of likely N-dealkylation sites (tertiary alicyclic amines) is 1. The second kappa shape index (κ2) is 7.91. The van der Waals surface area contributed by atoms with E-state index in [1.165, 1.54) is 17.0 Å². The van der Waals surface area contributed by atoms with Crippen LogP contribution in [-0.2, 0) is 4.79 Å². The van der Waals surface area contributed by atoms with Crippen LogP contribution in [0.15, 0.2) is 47.4 Å². The van der Waals surface area contributed by atoms with Gasteiger partial charge >= 0.3 is 0 Å². The molecule has 1 amide bonds. The summed E-state index contributed by atoms with van der Waals surface area (Å²) in [4.78, 5) is 14.5. The van der Waals surface area contributed by atoms with E-state index >= 15 is 0 Å². The van der Waals surface area contributed by atoms with Crippen LogP contribution in [0.25, 0.3) is 11.1 Å². The van der Waals surface area contributed by atoms with Crippen LogP contribution in [0.3, 0.4) is 0 Å². The van der Waals surface area contributed by atoms with Crippen LogP contribution in [0.4, 0.5) is 4.39 Å². The van der Waals surface area contributed by atoms with Crippen molar-refractivity contribution in [3.63, 3.8) is 0 Å². The molecule has 1 heterocycles. The summed E-state index contributed by atoms with van der Waals surface area (Å²) < 4.78 is 19.8. The van der Waals surface area contributed by atoms with Crippen molar-refractivity contribution >= 4 is 17.7 Å². The zero-order chi connectivity index (χ0) is 17.8. The van der Waals surface area contributed by atoms with Crippen LogP contribution < -0.4 is 4.74 Å². The van der Waals surface area contributed by atoms with Crippen molar-refractivity contribution in [2.45, 2.75) is 17.7 Å². The summed E-state index contributed by atoms with van der Waals surface area (Å²) in [6.07, 6.45) is 3.40. The number of carbonyl (C=O) groups excluding carboxylic acids is 1. The Morgan fingerprint density at radius 3 is 2.64 bits per heavy atom. The van der Waals surface area contributed by atoms with Gasteiger partial charge in [0, 0.05) is 36.9 Å². The lowest BCUT2D eigenvalue weighted by Crippen LogP contribution is -2.38. The minimum absolute atomic E-state index is 0.179. The third-order valence-electron chi connectivity index (χ3n) is 4.50. The first-order chi connectivity index (χ1) is 12.0. The summed E-state index contributed by atoms with van der Waals surface area (Å²) in [5.41, 5.74) is 1.77. The summed E-state index contributed by atoms with van der Waals surface area (Å²) in [5, 5.41) is 0. The molecular formula is C20H22FNO2S. The zero-order valence-electron chi connectivity index (χ0n) is 14.5. The molecule has 2 aromatic carbocycles. The van der Waals surface area contributed by atoms with Gasteiger partial charge in [0.05, 0.1) is 6.61 Å². The van der Waals surface area contributed by atoms with E-state index in [2.05, 4.69) is 0 Å². The molecule has 0 aromatic heterocycles. The molecule has 1 aliphatic heterocycles. The molecule has 1 saturated heterocycles. The number of benzene rings is 2. The van der Waals surface area contributed by atoms with Gasteiger partial charge < -0.3 is 9.64 Å². The maximum atomic E-state index is 14.0. The number of piperidine rings is 1. The lowest BCUT2D eigenvalue weighted by Gasteiger charge is -2.29. The molecule has 0 N–H and O–H groups in total. The van der Waals surface area contributed by atoms with Gasteiger partial charge in [0.25, 0.3) is 0 Å². The van der Waals surface area contributed by atoms with Gasteiger partial charge in [-0.2, -0.15) is 0 Å². The fraction of sp³-hybridized carbons (Fsp3) is 0.350. The smallest absolute Gasteiger partial charge is 0.222 e. The molecule has 0 bridgehead atoms. The molecule has 1 atom stereocenters. The molecule has 0 spiro atoms. The highest BCUT2D eigenvalue weighted by molar-refractivity contribution is 7.98. The summed E-state index contributed by atoms with van der Waals surface area (Å²) in [6.45, 7) is 1.18. The summed E-state index contributed by atoms with van der Waals surface area (Å²) >= 11 is 1.68. The fourth-order valence-corrected chi connectivity index (χ4v) is 3.45. The first kappa shape index (κ1) is 17.8. The second-order valence-electron chi connectivity index (χ2n) is 6.39. The van der Waals surface area contributed by atoms with E-state index < -0.39 is 0 Å². The Balaban J connectivity index is 1.69. The van der Waals surface area contributed by atoms with Gasteiger partial charge in [-0.05, 0) is 48.1 Å². The maximum absolute atomic E-state index is 14.0. The van der Waals surface area contributed by atoms with Crippen molar-refractivity contribution in [1.82, 2.24) is 4.90 Å². The van der Waals surface area contributed by atoms with Gasteiger partial charge in [-0.15, -0.1) is 11.8 Å². The second-order valence-corrected chi connectivity index (χ2v) is 7.27. The van der Waals surface area contributed by atoms with Crippen LogP contribution in [-0.4, -0.2) is 37.3 Å². The molecule has 3 rings (SSSR count). The molecule has 2 aromatic rings. The topological polar surface area (TPSA) is 29.5 Å². The average Bonchev–Trinajstić information content (AvgIpc) is 2.62. The Hall–Kier alpha value is -2.01. The van der Waals surface area contributed by atoms with E-state index in [0.717, 1.165) is 17.5 Å². The molecule has 0 radical (unpaired) electrons. The zero-order valence-corrected chi connectivity index (χ0v) is 15.3. The molecule has 1 aliphatic rings. The van der Waals surface area contributed by atoms with Crippen molar-refractivity contribution in [3.05, 3.63) is 48.3 Å². The van der Waals surface area contributed by atoms with Crippen LogP contribution >= 0.6 is 11.8 Å². The lowest BCUT2D eigenvalue weighted by molar-refractivity contribution is -0.133. The van der Waals surface area contributed by atoms with E-state index in [1.54, 1.807) is 16.7 Å². The van der Waals surface area contributed by atoms with Crippen LogP contribution in [0.5, 0.6) is 5.75 Å². The summed E-state index contributed by atoms with van der Waals surface area (Å²) in [6, 6.07) is 12.8. The van der Waals surface area contributed by atoms with Crippen LogP contribution in [0.2, 0.25) is 0 Å². The molecule has 1 unspecified atom stereocenters. The number of halogens is 1.